The molecule has 2 aromatic carbocycles. The first kappa shape index (κ1) is 14.7. The molecule has 3 heteroatoms. The Hall–Kier alpha value is -1.67. The Morgan fingerprint density at radius 1 is 0.900 bits per heavy atom. The molecule has 0 spiro atoms. The van der Waals surface area contributed by atoms with Gasteiger partial charge in [0.2, 0.25) is 0 Å². The summed E-state index contributed by atoms with van der Waals surface area (Å²) in [7, 11) is 0. The number of halogens is 3. The van der Waals surface area contributed by atoms with Crippen molar-refractivity contribution in [3.05, 3.63) is 77.4 Å². The molecule has 0 radical (unpaired) electrons. The summed E-state index contributed by atoms with van der Waals surface area (Å²) in [4.78, 5) is 0. The van der Waals surface area contributed by atoms with Crippen LogP contribution in [0.15, 0.2) is 54.6 Å². The minimum Gasteiger partial charge on any atom is -0.207 e. The lowest BCUT2D eigenvalue weighted by Crippen LogP contribution is -1.92. The Balaban J connectivity index is 2.23. The predicted molar refractivity (Wildman–Crippen MR) is 79.8 cm³/mol. The molecule has 0 fully saturated rings. The highest BCUT2D eigenvalue weighted by molar-refractivity contribution is 6.17. The van der Waals surface area contributed by atoms with E-state index in [1.807, 2.05) is 6.08 Å². The van der Waals surface area contributed by atoms with Gasteiger partial charge in [0.25, 0.3) is 0 Å². The molecule has 0 unspecified atom stereocenters. The van der Waals surface area contributed by atoms with Crippen molar-refractivity contribution >= 4 is 17.2 Å². The Morgan fingerprint density at radius 2 is 1.45 bits per heavy atom. The minimum atomic E-state index is -0.257. The second kappa shape index (κ2) is 7.20. The molecule has 0 atom stereocenters. The molecule has 0 nitrogen and oxygen atoms in total. The van der Waals surface area contributed by atoms with Crippen LogP contribution in [0.1, 0.15) is 17.5 Å². The molecule has 0 aliphatic carbocycles. The van der Waals surface area contributed by atoms with E-state index in [0.717, 1.165) is 23.1 Å². The summed E-state index contributed by atoms with van der Waals surface area (Å²) in [5, 5.41) is 0. The Kier molecular flexibility index (Phi) is 5.31. The van der Waals surface area contributed by atoms with Crippen LogP contribution in [0.3, 0.4) is 0 Å². The van der Waals surface area contributed by atoms with Crippen molar-refractivity contribution in [1.82, 2.24) is 0 Å². The quantitative estimate of drug-likeness (QED) is 0.663. The zero-order valence-electron chi connectivity index (χ0n) is 11.0. The maximum Gasteiger partial charge on any atom is 0.123 e. The molecule has 0 saturated heterocycles. The number of hydrogen-bond acceptors (Lipinski definition) is 0. The van der Waals surface area contributed by atoms with Crippen LogP contribution in [0, 0.1) is 11.6 Å². The van der Waals surface area contributed by atoms with E-state index < -0.39 is 0 Å². The molecule has 0 bridgehead atoms. The average molecular weight is 293 g/mol. The molecule has 104 valence electrons. The maximum absolute atomic E-state index is 13.0. The standard InChI is InChI=1S/C17H15ClF2/c18-11-1-2-15(14-5-9-17(20)10-6-14)12-13-3-7-16(19)8-4-13/h2-10H,1,11-12H2. The first-order chi connectivity index (χ1) is 9.69. The Bertz CT molecular complexity index is 571. The average Bonchev–Trinajstić information content (AvgIpc) is 2.46. The fourth-order valence-corrected chi connectivity index (χ4v) is 2.12. The normalized spacial score (nSPS) is 11.7. The van der Waals surface area contributed by atoms with Gasteiger partial charge in [0.1, 0.15) is 11.6 Å². The molecule has 0 aromatic heterocycles. The zero-order valence-corrected chi connectivity index (χ0v) is 11.7. The van der Waals surface area contributed by atoms with Crippen LogP contribution in [0.25, 0.3) is 5.57 Å². The van der Waals surface area contributed by atoms with E-state index in [2.05, 4.69) is 0 Å². The number of rotatable bonds is 5. The minimum absolute atomic E-state index is 0.248. The van der Waals surface area contributed by atoms with Crippen molar-refractivity contribution in [2.75, 3.05) is 5.88 Å². The van der Waals surface area contributed by atoms with Gasteiger partial charge < -0.3 is 0 Å². The highest BCUT2D eigenvalue weighted by Gasteiger charge is 2.04. The van der Waals surface area contributed by atoms with Crippen molar-refractivity contribution in [1.29, 1.82) is 0 Å². The summed E-state index contributed by atoms with van der Waals surface area (Å²) in [6.07, 6.45) is 3.46. The molecule has 0 aliphatic heterocycles. The van der Waals surface area contributed by atoms with Gasteiger partial charge in [0.05, 0.1) is 0 Å². The van der Waals surface area contributed by atoms with Gasteiger partial charge in [-0.3, -0.25) is 0 Å². The SMILES string of the molecule is Fc1ccc(CC(=CCCCl)c2ccc(F)cc2)cc1. The van der Waals surface area contributed by atoms with E-state index in [1.54, 1.807) is 24.3 Å². The lowest BCUT2D eigenvalue weighted by Gasteiger charge is -2.09. The number of allylic oxidation sites excluding steroid dienone is 2. The predicted octanol–water partition coefficient (Wildman–Crippen LogP) is 5.22. The fraction of sp³-hybridized carbons (Fsp3) is 0.176. The monoisotopic (exact) mass is 292 g/mol. The highest BCUT2D eigenvalue weighted by Crippen LogP contribution is 2.21. The number of benzene rings is 2. The molecule has 2 aromatic rings. The van der Waals surface area contributed by atoms with E-state index >= 15 is 0 Å². The van der Waals surface area contributed by atoms with E-state index in [4.69, 9.17) is 11.6 Å². The third-order valence-corrected chi connectivity index (χ3v) is 3.24. The van der Waals surface area contributed by atoms with Crippen LogP contribution < -0.4 is 0 Å². The van der Waals surface area contributed by atoms with Crippen LogP contribution >= 0.6 is 11.6 Å². The summed E-state index contributed by atoms with van der Waals surface area (Å²) in [5.74, 6) is 0.0303. The van der Waals surface area contributed by atoms with Gasteiger partial charge in [-0.15, -0.1) is 11.6 Å². The number of alkyl halides is 1. The van der Waals surface area contributed by atoms with Gasteiger partial charge in [-0.05, 0) is 53.8 Å². The van der Waals surface area contributed by atoms with Crippen LogP contribution in [-0.4, -0.2) is 5.88 Å². The van der Waals surface area contributed by atoms with Gasteiger partial charge in [-0.1, -0.05) is 30.3 Å². The molecule has 20 heavy (non-hydrogen) atoms. The molecule has 2 rings (SSSR count). The second-order valence-corrected chi connectivity index (χ2v) is 4.90. The molecule has 0 N–H and O–H groups in total. The van der Waals surface area contributed by atoms with E-state index in [1.165, 1.54) is 24.3 Å². The van der Waals surface area contributed by atoms with E-state index in [0.29, 0.717) is 12.3 Å². The first-order valence-electron chi connectivity index (χ1n) is 6.44. The third kappa shape index (κ3) is 4.17. The lowest BCUT2D eigenvalue weighted by atomic mass is 9.97. The first-order valence-corrected chi connectivity index (χ1v) is 6.98. The van der Waals surface area contributed by atoms with Crippen molar-refractivity contribution < 1.29 is 8.78 Å². The molecular formula is C17H15ClF2. The fourth-order valence-electron chi connectivity index (χ4n) is 2.01. The summed E-state index contributed by atoms with van der Waals surface area (Å²) in [6, 6.07) is 12.8. The second-order valence-electron chi connectivity index (χ2n) is 4.52. The molecule has 0 saturated carbocycles. The topological polar surface area (TPSA) is 0 Å². The Morgan fingerprint density at radius 3 is 2.00 bits per heavy atom. The maximum atomic E-state index is 13.0. The van der Waals surface area contributed by atoms with Crippen LogP contribution in [-0.2, 0) is 6.42 Å². The zero-order chi connectivity index (χ0) is 14.4. The van der Waals surface area contributed by atoms with E-state index in [9.17, 15) is 8.78 Å². The highest BCUT2D eigenvalue weighted by atomic mass is 35.5. The largest absolute Gasteiger partial charge is 0.207 e. The number of hydrogen-bond donors (Lipinski definition) is 0. The van der Waals surface area contributed by atoms with Gasteiger partial charge in [-0.2, -0.15) is 0 Å². The van der Waals surface area contributed by atoms with E-state index in [-0.39, 0.29) is 11.6 Å². The Labute approximate surface area is 122 Å². The van der Waals surface area contributed by atoms with Crippen molar-refractivity contribution in [3.63, 3.8) is 0 Å². The summed E-state index contributed by atoms with van der Waals surface area (Å²) >= 11 is 5.73. The van der Waals surface area contributed by atoms with Crippen molar-refractivity contribution in [2.24, 2.45) is 0 Å². The van der Waals surface area contributed by atoms with Crippen LogP contribution in [0.2, 0.25) is 0 Å². The van der Waals surface area contributed by atoms with Crippen molar-refractivity contribution in [2.45, 2.75) is 12.8 Å². The van der Waals surface area contributed by atoms with Gasteiger partial charge in [0, 0.05) is 5.88 Å². The summed E-state index contributed by atoms with van der Waals surface area (Å²) in [5.41, 5.74) is 3.04. The summed E-state index contributed by atoms with van der Waals surface area (Å²) in [6.45, 7) is 0. The van der Waals surface area contributed by atoms with Gasteiger partial charge in [0.15, 0.2) is 0 Å². The molecule has 0 heterocycles. The molecule has 0 aliphatic rings. The summed E-state index contributed by atoms with van der Waals surface area (Å²) < 4.78 is 25.9. The molecular weight excluding hydrogens is 278 g/mol. The smallest absolute Gasteiger partial charge is 0.123 e. The van der Waals surface area contributed by atoms with Gasteiger partial charge in [-0.25, -0.2) is 8.78 Å². The van der Waals surface area contributed by atoms with Crippen LogP contribution in [0.5, 0.6) is 0 Å². The van der Waals surface area contributed by atoms with Crippen molar-refractivity contribution in [3.8, 4) is 0 Å². The van der Waals surface area contributed by atoms with Crippen LogP contribution in [0.4, 0.5) is 8.78 Å². The molecule has 0 amide bonds. The third-order valence-electron chi connectivity index (χ3n) is 3.02. The lowest BCUT2D eigenvalue weighted by molar-refractivity contribution is 0.627. The van der Waals surface area contributed by atoms with Gasteiger partial charge >= 0.3 is 0 Å².